The molecule has 0 saturated carbocycles. The Morgan fingerprint density at radius 2 is 2.00 bits per heavy atom. The fourth-order valence-electron chi connectivity index (χ4n) is 0.764. The first-order valence-corrected chi connectivity index (χ1v) is 8.31. The van der Waals surface area contributed by atoms with Gasteiger partial charge in [-0.2, -0.15) is 5.26 Å². The van der Waals surface area contributed by atoms with Crippen LogP contribution in [0.25, 0.3) is 0 Å². The third-order valence-electron chi connectivity index (χ3n) is 1.60. The monoisotopic (exact) mass is 209 g/mol. The summed E-state index contributed by atoms with van der Waals surface area (Å²) in [5, 5.41) is 8.25. The largest absolute Gasteiger partial charge is 0.251 e. The summed E-state index contributed by atoms with van der Waals surface area (Å²) >= 11 is 12.0. The summed E-state index contributed by atoms with van der Waals surface area (Å²) in [6.07, 6.45) is 2.56. The number of hydrogen-bond donors (Lipinski definition) is 0. The van der Waals surface area contributed by atoms with E-state index in [9.17, 15) is 0 Å². The summed E-state index contributed by atoms with van der Waals surface area (Å²) in [5.41, 5.74) is 0. The highest BCUT2D eigenvalue weighted by Gasteiger charge is 2.24. The van der Waals surface area contributed by atoms with Gasteiger partial charge in [-0.05, 0) is 18.5 Å². The van der Waals surface area contributed by atoms with Crippen LogP contribution in [0.4, 0.5) is 0 Å². The summed E-state index contributed by atoms with van der Waals surface area (Å²) in [6, 6.07) is 3.93. The molecule has 0 aliphatic carbocycles. The number of unbranched alkanes of at least 4 members (excludes halogenated alkanes) is 2. The van der Waals surface area contributed by atoms with E-state index in [-0.39, 0.29) is 0 Å². The zero-order valence-corrected chi connectivity index (χ0v) is 9.25. The SMILES string of the molecule is CC[Si](Cl)(Cl)CCCCC#N. The Bertz CT molecular complexity index is 142. The number of rotatable bonds is 5. The molecule has 0 rings (SSSR count). The second-order valence-corrected chi connectivity index (χ2v) is 10.4. The Balaban J connectivity index is 3.32. The zero-order chi connectivity index (χ0) is 8.74. The quantitative estimate of drug-likeness (QED) is 0.386. The van der Waals surface area contributed by atoms with E-state index in [0.717, 1.165) is 24.9 Å². The van der Waals surface area contributed by atoms with E-state index < -0.39 is 6.69 Å². The van der Waals surface area contributed by atoms with Crippen molar-refractivity contribution in [1.29, 1.82) is 5.26 Å². The standard InChI is InChI=1S/C7H13Cl2NSi/c1-2-11(8,9)7-5-3-4-6-10/h2-5,7H2,1H3. The Labute approximate surface area is 78.7 Å². The number of hydrogen-bond acceptors (Lipinski definition) is 1. The van der Waals surface area contributed by atoms with Gasteiger partial charge in [-0.15, -0.1) is 22.2 Å². The molecule has 0 aromatic carbocycles. The first-order chi connectivity index (χ1) is 5.12. The van der Waals surface area contributed by atoms with Crippen molar-refractivity contribution in [3.8, 4) is 6.07 Å². The van der Waals surface area contributed by atoms with E-state index in [1.807, 2.05) is 6.92 Å². The van der Waals surface area contributed by atoms with Crippen LogP contribution in [0, 0.1) is 11.3 Å². The summed E-state index contributed by atoms with van der Waals surface area (Å²) in [5.74, 6) is 0. The van der Waals surface area contributed by atoms with Crippen molar-refractivity contribution < 1.29 is 0 Å². The molecule has 0 unspecified atom stereocenters. The molecular weight excluding hydrogens is 197 g/mol. The first kappa shape index (κ1) is 11.3. The highest BCUT2D eigenvalue weighted by molar-refractivity contribution is 7.45. The predicted molar refractivity (Wildman–Crippen MR) is 52.2 cm³/mol. The minimum Gasteiger partial charge on any atom is -0.198 e. The third kappa shape index (κ3) is 6.68. The molecule has 0 aliphatic rings. The zero-order valence-electron chi connectivity index (χ0n) is 6.74. The Morgan fingerprint density at radius 3 is 2.45 bits per heavy atom. The average molecular weight is 210 g/mol. The van der Waals surface area contributed by atoms with Gasteiger partial charge >= 0.3 is 0 Å². The van der Waals surface area contributed by atoms with Crippen LogP contribution < -0.4 is 0 Å². The predicted octanol–water partition coefficient (Wildman–Crippen LogP) is 3.62. The maximum absolute atomic E-state index is 8.25. The lowest BCUT2D eigenvalue weighted by molar-refractivity contribution is 0.813. The molecule has 0 spiro atoms. The number of nitrogens with zero attached hydrogens (tertiary/aromatic N) is 1. The van der Waals surface area contributed by atoms with E-state index in [4.69, 9.17) is 27.4 Å². The Hall–Kier alpha value is 0.287. The second kappa shape index (κ2) is 5.88. The minimum atomic E-state index is -1.89. The lowest BCUT2D eigenvalue weighted by Gasteiger charge is -2.12. The van der Waals surface area contributed by atoms with Crippen molar-refractivity contribution in [2.45, 2.75) is 38.3 Å². The lowest BCUT2D eigenvalue weighted by atomic mass is 10.3. The fourth-order valence-corrected chi connectivity index (χ4v) is 2.69. The van der Waals surface area contributed by atoms with Gasteiger partial charge in [0.1, 0.15) is 0 Å². The van der Waals surface area contributed by atoms with Gasteiger partial charge < -0.3 is 0 Å². The topological polar surface area (TPSA) is 23.8 Å². The van der Waals surface area contributed by atoms with Crippen molar-refractivity contribution in [2.24, 2.45) is 0 Å². The smallest absolute Gasteiger partial charge is 0.198 e. The summed E-state index contributed by atoms with van der Waals surface area (Å²) in [6.45, 7) is 0.132. The second-order valence-electron chi connectivity index (χ2n) is 2.57. The third-order valence-corrected chi connectivity index (χ3v) is 6.46. The van der Waals surface area contributed by atoms with Crippen LogP contribution in [0.5, 0.6) is 0 Å². The van der Waals surface area contributed by atoms with E-state index in [0.29, 0.717) is 6.42 Å². The van der Waals surface area contributed by atoms with Crippen LogP contribution in [0.1, 0.15) is 26.2 Å². The van der Waals surface area contributed by atoms with E-state index in [1.54, 1.807) is 0 Å². The van der Waals surface area contributed by atoms with E-state index >= 15 is 0 Å². The average Bonchev–Trinajstić information content (AvgIpc) is 1.99. The van der Waals surface area contributed by atoms with Crippen molar-refractivity contribution in [3.05, 3.63) is 0 Å². The van der Waals surface area contributed by atoms with Gasteiger partial charge in [-0.25, -0.2) is 0 Å². The molecule has 0 aliphatic heterocycles. The molecule has 0 N–H and O–H groups in total. The lowest BCUT2D eigenvalue weighted by Crippen LogP contribution is -2.16. The molecule has 11 heavy (non-hydrogen) atoms. The summed E-state index contributed by atoms with van der Waals surface area (Å²) < 4.78 is 0. The number of halogens is 2. The molecule has 0 heterocycles. The molecule has 0 saturated heterocycles. The molecule has 0 fully saturated rings. The molecule has 0 radical (unpaired) electrons. The fraction of sp³-hybridized carbons (Fsp3) is 0.857. The molecule has 64 valence electrons. The van der Waals surface area contributed by atoms with Crippen molar-refractivity contribution in [2.75, 3.05) is 0 Å². The Kier molecular flexibility index (Phi) is 6.03. The summed E-state index contributed by atoms with van der Waals surface area (Å²) in [4.78, 5) is 0. The van der Waals surface area contributed by atoms with Gasteiger partial charge in [-0.3, -0.25) is 0 Å². The normalized spacial score (nSPS) is 11.1. The molecule has 0 aromatic heterocycles. The van der Waals surface area contributed by atoms with Crippen LogP contribution >= 0.6 is 22.2 Å². The van der Waals surface area contributed by atoms with Crippen molar-refractivity contribution >= 4 is 28.9 Å². The molecule has 0 aromatic rings. The van der Waals surface area contributed by atoms with Crippen LogP contribution in [0.2, 0.25) is 12.1 Å². The minimum absolute atomic E-state index is 0.627. The van der Waals surface area contributed by atoms with Crippen LogP contribution in [0.15, 0.2) is 0 Å². The molecule has 0 bridgehead atoms. The first-order valence-electron chi connectivity index (χ1n) is 3.87. The molecule has 4 heteroatoms. The van der Waals surface area contributed by atoms with Gasteiger partial charge in [0.15, 0.2) is 0 Å². The maximum atomic E-state index is 8.25. The maximum Gasteiger partial charge on any atom is 0.251 e. The molecule has 0 atom stereocenters. The van der Waals surface area contributed by atoms with E-state index in [1.165, 1.54) is 0 Å². The Morgan fingerprint density at radius 1 is 1.36 bits per heavy atom. The summed E-state index contributed by atoms with van der Waals surface area (Å²) in [7, 11) is 0. The molecule has 1 nitrogen and oxygen atoms in total. The van der Waals surface area contributed by atoms with Crippen molar-refractivity contribution in [3.63, 3.8) is 0 Å². The van der Waals surface area contributed by atoms with Crippen LogP contribution in [-0.4, -0.2) is 6.69 Å². The van der Waals surface area contributed by atoms with Gasteiger partial charge in [-0.1, -0.05) is 13.3 Å². The molecular formula is C7H13Cl2NSi. The van der Waals surface area contributed by atoms with Gasteiger partial charge in [0, 0.05) is 6.42 Å². The highest BCUT2D eigenvalue weighted by atomic mass is 35.7. The molecule has 0 amide bonds. The van der Waals surface area contributed by atoms with Crippen LogP contribution in [0.3, 0.4) is 0 Å². The van der Waals surface area contributed by atoms with Gasteiger partial charge in [0.2, 0.25) is 0 Å². The number of nitriles is 1. The van der Waals surface area contributed by atoms with E-state index in [2.05, 4.69) is 6.07 Å². The highest BCUT2D eigenvalue weighted by Crippen LogP contribution is 2.27. The van der Waals surface area contributed by atoms with Crippen molar-refractivity contribution in [1.82, 2.24) is 0 Å². The van der Waals surface area contributed by atoms with Gasteiger partial charge in [0.25, 0.3) is 6.69 Å². The van der Waals surface area contributed by atoms with Crippen LogP contribution in [-0.2, 0) is 0 Å². The van der Waals surface area contributed by atoms with Gasteiger partial charge in [0.05, 0.1) is 6.07 Å².